The predicted molar refractivity (Wildman–Crippen MR) is 102 cm³/mol. The lowest BCUT2D eigenvalue weighted by atomic mass is 9.90. The standard InChI is InChI=1S/C21H20FN3O2/c1-3-17-24-18-14-6-5-13(9-15(14)20(26)21(27)19(18)25-17)23-10-12-4-7-16(22)11(2)8-12/h4-7,9,11,23H,3,8,10H2,1-2H3,(H,24,25). The Balaban J connectivity index is 1.61. The molecular weight excluding hydrogens is 345 g/mol. The van der Waals surface area contributed by atoms with Crippen LogP contribution in [0.4, 0.5) is 10.1 Å². The number of aromatic amines is 1. The van der Waals surface area contributed by atoms with Crippen molar-refractivity contribution in [1.29, 1.82) is 0 Å². The van der Waals surface area contributed by atoms with Gasteiger partial charge in [-0.2, -0.15) is 0 Å². The number of rotatable bonds is 4. The average Bonchev–Trinajstić information content (AvgIpc) is 3.11. The summed E-state index contributed by atoms with van der Waals surface area (Å²) in [7, 11) is 0. The number of hydrogen-bond acceptors (Lipinski definition) is 4. The Morgan fingerprint density at radius 2 is 2.04 bits per heavy atom. The third-order valence-corrected chi connectivity index (χ3v) is 5.08. The van der Waals surface area contributed by atoms with E-state index in [-0.39, 0.29) is 17.4 Å². The summed E-state index contributed by atoms with van der Waals surface area (Å²) in [4.78, 5) is 32.3. The largest absolute Gasteiger partial charge is 0.381 e. The number of aromatic nitrogens is 2. The maximum Gasteiger partial charge on any atom is 0.251 e. The number of halogens is 1. The molecule has 138 valence electrons. The van der Waals surface area contributed by atoms with Gasteiger partial charge in [0, 0.05) is 35.7 Å². The number of H-pyrrole nitrogens is 1. The molecule has 2 N–H and O–H groups in total. The van der Waals surface area contributed by atoms with E-state index in [1.165, 1.54) is 6.08 Å². The number of aryl methyl sites for hydroxylation is 1. The van der Waals surface area contributed by atoms with Crippen LogP contribution in [-0.4, -0.2) is 28.1 Å². The van der Waals surface area contributed by atoms with E-state index in [1.54, 1.807) is 12.1 Å². The topological polar surface area (TPSA) is 74.8 Å². The van der Waals surface area contributed by atoms with Gasteiger partial charge in [-0.25, -0.2) is 9.37 Å². The zero-order valence-corrected chi connectivity index (χ0v) is 15.2. The minimum atomic E-state index is -0.550. The van der Waals surface area contributed by atoms with Gasteiger partial charge in [-0.15, -0.1) is 0 Å². The van der Waals surface area contributed by atoms with E-state index in [4.69, 9.17) is 0 Å². The number of Topliss-reactive ketones (excluding diaryl/α,β-unsaturated/α-hetero) is 2. The van der Waals surface area contributed by atoms with Gasteiger partial charge in [0.1, 0.15) is 23.0 Å². The maximum atomic E-state index is 13.4. The smallest absolute Gasteiger partial charge is 0.251 e. The van der Waals surface area contributed by atoms with Gasteiger partial charge < -0.3 is 10.3 Å². The number of allylic oxidation sites excluding steroid dienone is 3. The summed E-state index contributed by atoms with van der Waals surface area (Å²) in [6.45, 7) is 4.35. The van der Waals surface area contributed by atoms with Crippen molar-refractivity contribution in [2.75, 3.05) is 11.9 Å². The van der Waals surface area contributed by atoms with E-state index in [0.717, 1.165) is 11.3 Å². The van der Waals surface area contributed by atoms with Crippen LogP contribution in [0.15, 0.2) is 41.8 Å². The van der Waals surface area contributed by atoms with Crippen molar-refractivity contribution in [3.8, 4) is 11.3 Å². The number of anilines is 1. The van der Waals surface area contributed by atoms with Crippen LogP contribution in [0.2, 0.25) is 0 Å². The number of benzene rings is 1. The molecule has 2 aliphatic carbocycles. The lowest BCUT2D eigenvalue weighted by Gasteiger charge is -2.19. The fourth-order valence-electron chi connectivity index (χ4n) is 3.50. The highest BCUT2D eigenvalue weighted by molar-refractivity contribution is 6.52. The molecule has 2 aliphatic rings. The fraction of sp³-hybridized carbons (Fsp3) is 0.286. The predicted octanol–water partition coefficient (Wildman–Crippen LogP) is 4.25. The summed E-state index contributed by atoms with van der Waals surface area (Å²) in [6.07, 6.45) is 4.61. The molecule has 6 heteroatoms. The molecule has 0 spiro atoms. The molecule has 1 atom stereocenters. The molecule has 1 unspecified atom stereocenters. The molecule has 1 aromatic carbocycles. The molecule has 27 heavy (non-hydrogen) atoms. The van der Waals surface area contributed by atoms with Crippen LogP contribution in [0.1, 0.15) is 46.9 Å². The average molecular weight is 365 g/mol. The first-order chi connectivity index (χ1) is 13.0. The highest BCUT2D eigenvalue weighted by Gasteiger charge is 2.33. The van der Waals surface area contributed by atoms with E-state index in [1.807, 2.05) is 26.0 Å². The Hall–Kier alpha value is -3.02. The Labute approximate surface area is 156 Å². The van der Waals surface area contributed by atoms with E-state index in [2.05, 4.69) is 15.3 Å². The molecule has 5 nitrogen and oxygen atoms in total. The summed E-state index contributed by atoms with van der Waals surface area (Å²) in [5.41, 5.74) is 3.69. The van der Waals surface area contributed by atoms with Gasteiger partial charge in [-0.3, -0.25) is 9.59 Å². The van der Waals surface area contributed by atoms with Crippen molar-refractivity contribution >= 4 is 17.3 Å². The highest BCUT2D eigenvalue weighted by atomic mass is 19.1. The van der Waals surface area contributed by atoms with Crippen molar-refractivity contribution in [2.45, 2.75) is 26.7 Å². The lowest BCUT2D eigenvalue weighted by Crippen LogP contribution is -2.21. The molecular formula is C21H20FN3O2. The van der Waals surface area contributed by atoms with E-state index in [0.29, 0.717) is 42.0 Å². The number of imidazole rings is 1. The van der Waals surface area contributed by atoms with Crippen LogP contribution in [0.3, 0.4) is 0 Å². The third-order valence-electron chi connectivity index (χ3n) is 5.08. The number of nitrogens with one attached hydrogen (secondary N) is 2. The summed E-state index contributed by atoms with van der Waals surface area (Å²) in [5, 5.41) is 3.26. The number of nitrogens with zero attached hydrogens (tertiary/aromatic N) is 1. The van der Waals surface area contributed by atoms with Gasteiger partial charge >= 0.3 is 0 Å². The van der Waals surface area contributed by atoms with Gasteiger partial charge in [-0.1, -0.05) is 25.5 Å². The number of hydrogen-bond donors (Lipinski definition) is 2. The highest BCUT2D eigenvalue weighted by Crippen LogP contribution is 2.34. The van der Waals surface area contributed by atoms with E-state index in [9.17, 15) is 14.0 Å². The Bertz CT molecular complexity index is 1020. The first-order valence-electron chi connectivity index (χ1n) is 9.09. The summed E-state index contributed by atoms with van der Waals surface area (Å²) < 4.78 is 13.4. The second kappa shape index (κ2) is 6.61. The van der Waals surface area contributed by atoms with Crippen LogP contribution in [0, 0.1) is 5.92 Å². The van der Waals surface area contributed by atoms with Crippen LogP contribution < -0.4 is 5.32 Å². The number of ketones is 2. The van der Waals surface area contributed by atoms with Crippen molar-refractivity contribution in [1.82, 2.24) is 9.97 Å². The van der Waals surface area contributed by atoms with Crippen molar-refractivity contribution in [3.63, 3.8) is 0 Å². The molecule has 0 bridgehead atoms. The minimum absolute atomic E-state index is 0.0992. The molecule has 2 aromatic rings. The first-order valence-corrected chi connectivity index (χ1v) is 9.09. The quantitative estimate of drug-likeness (QED) is 0.795. The Morgan fingerprint density at radius 1 is 1.22 bits per heavy atom. The second-order valence-corrected chi connectivity index (χ2v) is 7.01. The molecule has 0 amide bonds. The van der Waals surface area contributed by atoms with Gasteiger partial charge in [-0.05, 0) is 30.7 Å². The van der Waals surface area contributed by atoms with Crippen LogP contribution in [-0.2, 0) is 6.42 Å². The van der Waals surface area contributed by atoms with E-state index >= 15 is 0 Å². The molecule has 0 fully saturated rings. The lowest BCUT2D eigenvalue weighted by molar-refractivity contribution is 0.0812. The normalized spacial score (nSPS) is 18.6. The molecule has 1 aromatic heterocycles. The number of carbonyl (C=O) groups excluding carboxylic acids is 2. The van der Waals surface area contributed by atoms with Crippen LogP contribution in [0.25, 0.3) is 11.3 Å². The van der Waals surface area contributed by atoms with Gasteiger partial charge in [0.2, 0.25) is 5.78 Å². The third kappa shape index (κ3) is 3.01. The molecule has 0 aliphatic heterocycles. The number of carbonyl (C=O) groups is 2. The SMILES string of the molecule is CCc1nc2c([nH]1)C(=O)C(=O)c1cc(NCC3=CC=C(F)C(C)C3)ccc1-2. The first kappa shape index (κ1) is 17.4. The molecule has 4 rings (SSSR count). The summed E-state index contributed by atoms with van der Waals surface area (Å²) in [5.74, 6) is -0.595. The molecule has 0 radical (unpaired) electrons. The molecule has 0 saturated carbocycles. The number of fused-ring (bicyclic) bond motifs is 3. The monoisotopic (exact) mass is 365 g/mol. The molecule has 1 heterocycles. The Kier molecular flexibility index (Phi) is 4.26. The van der Waals surface area contributed by atoms with Crippen LogP contribution in [0.5, 0.6) is 0 Å². The second-order valence-electron chi connectivity index (χ2n) is 7.01. The molecule has 0 saturated heterocycles. The van der Waals surface area contributed by atoms with Gasteiger partial charge in [0.05, 0.1) is 0 Å². The summed E-state index contributed by atoms with van der Waals surface area (Å²) >= 11 is 0. The summed E-state index contributed by atoms with van der Waals surface area (Å²) in [6, 6.07) is 5.38. The van der Waals surface area contributed by atoms with Crippen molar-refractivity contribution in [3.05, 3.63) is 58.8 Å². The van der Waals surface area contributed by atoms with E-state index < -0.39 is 11.6 Å². The fourth-order valence-corrected chi connectivity index (χ4v) is 3.50. The zero-order valence-electron chi connectivity index (χ0n) is 15.2. The van der Waals surface area contributed by atoms with Crippen molar-refractivity contribution < 1.29 is 14.0 Å². The Morgan fingerprint density at radius 3 is 2.78 bits per heavy atom. The zero-order chi connectivity index (χ0) is 19.1. The minimum Gasteiger partial charge on any atom is -0.381 e. The van der Waals surface area contributed by atoms with Gasteiger partial charge in [0.25, 0.3) is 5.78 Å². The van der Waals surface area contributed by atoms with Crippen molar-refractivity contribution in [2.24, 2.45) is 5.92 Å². The van der Waals surface area contributed by atoms with Crippen LogP contribution >= 0.6 is 0 Å². The van der Waals surface area contributed by atoms with Gasteiger partial charge in [0.15, 0.2) is 0 Å². The maximum absolute atomic E-state index is 13.4.